The molecular weight excluding hydrogens is 292 g/mol. The highest BCUT2D eigenvalue weighted by Crippen LogP contribution is 2.56. The van der Waals surface area contributed by atoms with E-state index in [1.165, 1.54) is 5.57 Å². The number of ether oxygens (including phenoxy) is 3. The topological polar surface area (TPSA) is 47.9 Å². The zero-order valence-corrected chi connectivity index (χ0v) is 13.9. The number of benzene rings is 1. The fourth-order valence-corrected chi connectivity index (χ4v) is 4.68. The molecule has 23 heavy (non-hydrogen) atoms. The zero-order valence-electron chi connectivity index (χ0n) is 13.9. The average molecular weight is 316 g/mol. The van der Waals surface area contributed by atoms with Crippen LogP contribution in [0.25, 0.3) is 0 Å². The van der Waals surface area contributed by atoms with Gasteiger partial charge in [-0.3, -0.25) is 0 Å². The van der Waals surface area contributed by atoms with Crippen molar-refractivity contribution in [3.63, 3.8) is 0 Å². The number of aliphatic hydroxyl groups excluding tert-OH is 1. The highest BCUT2D eigenvalue weighted by molar-refractivity contribution is 5.45. The first-order valence-electron chi connectivity index (χ1n) is 8.37. The normalized spacial score (nSPS) is 38.3. The maximum absolute atomic E-state index is 10.1. The number of hydrogen-bond donors (Lipinski definition) is 1. The molecule has 1 aromatic carbocycles. The Bertz CT molecular complexity index is 653. The van der Waals surface area contributed by atoms with Gasteiger partial charge in [0.25, 0.3) is 0 Å². The first-order valence-corrected chi connectivity index (χ1v) is 8.37. The van der Waals surface area contributed by atoms with E-state index in [1.807, 2.05) is 12.1 Å². The second-order valence-electron chi connectivity index (χ2n) is 7.25. The maximum atomic E-state index is 10.1. The largest absolute Gasteiger partial charge is 0.454 e. The molecule has 0 saturated carbocycles. The third kappa shape index (κ3) is 2.05. The minimum Gasteiger partial charge on any atom is -0.454 e. The first-order chi connectivity index (χ1) is 11.1. The molecule has 0 amide bonds. The Hall–Kier alpha value is -1.52. The molecule has 4 rings (SSSR count). The molecule has 0 unspecified atom stereocenters. The average Bonchev–Trinajstić information content (AvgIpc) is 3.00. The first kappa shape index (κ1) is 15.0. The molecule has 1 aliphatic carbocycles. The van der Waals surface area contributed by atoms with Crippen LogP contribution in [0.3, 0.4) is 0 Å². The van der Waals surface area contributed by atoms with Gasteiger partial charge >= 0.3 is 0 Å². The van der Waals surface area contributed by atoms with Crippen LogP contribution in [0, 0.1) is 23.2 Å². The summed E-state index contributed by atoms with van der Waals surface area (Å²) in [5.74, 6) is 2.58. The van der Waals surface area contributed by atoms with Crippen molar-refractivity contribution in [2.24, 2.45) is 23.2 Å². The Morgan fingerprint density at radius 3 is 2.78 bits per heavy atom. The quantitative estimate of drug-likeness (QED) is 0.850. The van der Waals surface area contributed by atoms with E-state index in [0.29, 0.717) is 18.4 Å². The van der Waals surface area contributed by atoms with Crippen molar-refractivity contribution in [1.82, 2.24) is 0 Å². The summed E-state index contributed by atoms with van der Waals surface area (Å²) >= 11 is 0. The van der Waals surface area contributed by atoms with E-state index in [2.05, 4.69) is 32.9 Å². The molecule has 1 aromatic rings. The number of hydrogen-bond acceptors (Lipinski definition) is 4. The predicted octanol–water partition coefficient (Wildman–Crippen LogP) is 3.31. The summed E-state index contributed by atoms with van der Waals surface area (Å²) in [5, 5.41) is 10.1. The lowest BCUT2D eigenvalue weighted by Gasteiger charge is -2.55. The molecule has 1 N–H and O–H groups in total. The Morgan fingerprint density at radius 2 is 2.00 bits per heavy atom. The van der Waals surface area contributed by atoms with Crippen LogP contribution in [0.4, 0.5) is 0 Å². The summed E-state index contributed by atoms with van der Waals surface area (Å²) in [6.07, 6.45) is 2.33. The van der Waals surface area contributed by atoms with Crippen LogP contribution < -0.4 is 9.47 Å². The number of rotatable bonds is 2. The maximum Gasteiger partial charge on any atom is 0.231 e. The number of allylic oxidation sites excluding steroid dienone is 1. The van der Waals surface area contributed by atoms with E-state index in [1.54, 1.807) is 0 Å². The molecule has 2 bridgehead atoms. The second-order valence-corrected chi connectivity index (χ2v) is 7.25. The highest BCUT2D eigenvalue weighted by Gasteiger charge is 2.53. The molecule has 1 fully saturated rings. The van der Waals surface area contributed by atoms with Gasteiger partial charge in [0.2, 0.25) is 6.79 Å². The second kappa shape index (κ2) is 5.25. The van der Waals surface area contributed by atoms with Gasteiger partial charge in [0.15, 0.2) is 11.5 Å². The fraction of sp³-hybridized carbons (Fsp3) is 0.579. The van der Waals surface area contributed by atoms with Gasteiger partial charge in [-0.15, -0.1) is 0 Å². The summed E-state index contributed by atoms with van der Waals surface area (Å²) in [4.78, 5) is 0. The monoisotopic (exact) mass is 316 g/mol. The van der Waals surface area contributed by atoms with Gasteiger partial charge in [-0.1, -0.05) is 31.6 Å². The van der Waals surface area contributed by atoms with Crippen LogP contribution in [0.5, 0.6) is 11.5 Å². The van der Waals surface area contributed by atoms with Crippen LogP contribution in [-0.2, 0) is 4.74 Å². The van der Waals surface area contributed by atoms with Crippen LogP contribution in [0.2, 0.25) is 0 Å². The summed E-state index contributed by atoms with van der Waals surface area (Å²) in [7, 11) is 0. The fourth-order valence-electron chi connectivity index (χ4n) is 4.68. The Balaban J connectivity index is 1.73. The third-order valence-corrected chi connectivity index (χ3v) is 6.27. The van der Waals surface area contributed by atoms with Crippen molar-refractivity contribution in [2.75, 3.05) is 20.0 Å². The molecule has 1 saturated heterocycles. The lowest BCUT2D eigenvalue weighted by atomic mass is 9.56. The van der Waals surface area contributed by atoms with Crippen LogP contribution in [-0.4, -0.2) is 25.1 Å². The predicted molar refractivity (Wildman–Crippen MR) is 86.4 cm³/mol. The molecule has 2 aliphatic heterocycles. The zero-order chi connectivity index (χ0) is 16.2. The van der Waals surface area contributed by atoms with Crippen LogP contribution in [0.1, 0.15) is 32.4 Å². The van der Waals surface area contributed by atoms with Crippen molar-refractivity contribution >= 4 is 0 Å². The molecule has 2 heterocycles. The molecule has 124 valence electrons. The molecule has 0 spiro atoms. The smallest absolute Gasteiger partial charge is 0.231 e. The molecule has 3 aliphatic rings. The molecule has 4 nitrogen and oxygen atoms in total. The minimum atomic E-state index is -0.170. The molecule has 0 aromatic heterocycles. The van der Waals surface area contributed by atoms with Crippen molar-refractivity contribution in [1.29, 1.82) is 0 Å². The van der Waals surface area contributed by atoms with Gasteiger partial charge in [0.1, 0.15) is 0 Å². The van der Waals surface area contributed by atoms with Gasteiger partial charge < -0.3 is 19.3 Å². The van der Waals surface area contributed by atoms with E-state index in [9.17, 15) is 5.11 Å². The summed E-state index contributed by atoms with van der Waals surface area (Å²) < 4.78 is 17.2. The third-order valence-electron chi connectivity index (χ3n) is 6.27. The van der Waals surface area contributed by atoms with Gasteiger partial charge in [0.05, 0.1) is 19.3 Å². The van der Waals surface area contributed by atoms with E-state index in [-0.39, 0.29) is 30.8 Å². The molecule has 4 heteroatoms. The lowest BCUT2D eigenvalue weighted by Crippen LogP contribution is -2.53. The number of aliphatic hydroxyl groups is 1. The molecule has 0 radical (unpaired) electrons. The van der Waals surface area contributed by atoms with Gasteiger partial charge in [-0.25, -0.2) is 0 Å². The van der Waals surface area contributed by atoms with E-state index < -0.39 is 0 Å². The van der Waals surface area contributed by atoms with Crippen LogP contribution >= 0.6 is 0 Å². The van der Waals surface area contributed by atoms with Crippen molar-refractivity contribution in [3.05, 3.63) is 35.4 Å². The Labute approximate surface area is 137 Å². The Morgan fingerprint density at radius 1 is 1.22 bits per heavy atom. The van der Waals surface area contributed by atoms with Gasteiger partial charge in [-0.2, -0.15) is 0 Å². The van der Waals surface area contributed by atoms with Gasteiger partial charge in [0, 0.05) is 11.3 Å². The van der Waals surface area contributed by atoms with E-state index >= 15 is 0 Å². The standard InChI is InChI=1S/C19H24O4/c1-11-6-12(2)19(8-20)9-21-18(17(11)13(19)3)14-4-5-15-16(7-14)23-10-22-15/h4-7,12-13,17-18,20H,8-10H2,1-3H3/t12-,13+,17+,18-,19-/m1/s1. The highest BCUT2D eigenvalue weighted by atomic mass is 16.7. The molecule has 5 atom stereocenters. The van der Waals surface area contributed by atoms with Gasteiger partial charge in [-0.05, 0) is 36.5 Å². The van der Waals surface area contributed by atoms with Crippen molar-refractivity contribution in [3.8, 4) is 11.5 Å². The van der Waals surface area contributed by atoms with Crippen molar-refractivity contribution in [2.45, 2.75) is 26.9 Å². The molecular formula is C19H24O4. The SMILES string of the molecule is CC1=C[C@@H](C)[C@@]2(CO)CO[C@H](c3ccc4c(c3)OCO4)[C@@H]1[C@@H]2C. The Kier molecular flexibility index (Phi) is 3.43. The minimum absolute atomic E-state index is 0.00271. The van der Waals surface area contributed by atoms with Crippen molar-refractivity contribution < 1.29 is 19.3 Å². The number of fused-ring (bicyclic) bond motifs is 3. The van der Waals surface area contributed by atoms with Crippen LogP contribution in [0.15, 0.2) is 29.8 Å². The summed E-state index contributed by atoms with van der Waals surface area (Å²) in [6.45, 7) is 7.68. The summed E-state index contributed by atoms with van der Waals surface area (Å²) in [6, 6.07) is 6.07. The van der Waals surface area contributed by atoms with E-state index in [4.69, 9.17) is 14.2 Å². The lowest BCUT2D eigenvalue weighted by molar-refractivity contribution is -0.165. The van der Waals surface area contributed by atoms with E-state index in [0.717, 1.165) is 17.1 Å². The summed E-state index contributed by atoms with van der Waals surface area (Å²) in [5.41, 5.74) is 2.31.